The van der Waals surface area contributed by atoms with Crippen molar-refractivity contribution in [3.05, 3.63) is 46.7 Å². The summed E-state index contributed by atoms with van der Waals surface area (Å²) in [5.74, 6) is 1.36. The topological polar surface area (TPSA) is 55.1 Å². The van der Waals surface area contributed by atoms with Gasteiger partial charge in [0.05, 0.1) is 5.92 Å². The van der Waals surface area contributed by atoms with E-state index < -0.39 is 0 Å². The van der Waals surface area contributed by atoms with Crippen molar-refractivity contribution >= 4 is 23.3 Å². The fourth-order valence-electron chi connectivity index (χ4n) is 2.37. The van der Waals surface area contributed by atoms with Crippen LogP contribution in [0.2, 0.25) is 5.02 Å². The minimum atomic E-state index is -0.149. The molecule has 1 aromatic carbocycles. The van der Waals surface area contributed by atoms with E-state index in [4.69, 9.17) is 16.1 Å². The zero-order valence-corrected chi connectivity index (χ0v) is 11.9. The van der Waals surface area contributed by atoms with Gasteiger partial charge in [0.15, 0.2) is 5.82 Å². The van der Waals surface area contributed by atoms with Crippen LogP contribution >= 0.6 is 11.6 Å². The monoisotopic (exact) mass is 290 g/mol. The molecule has 5 heteroatoms. The number of rotatable bonds is 4. The molecule has 1 N–H and O–H groups in total. The van der Waals surface area contributed by atoms with E-state index >= 15 is 0 Å². The molecule has 1 fully saturated rings. The Morgan fingerprint density at radius 3 is 2.65 bits per heavy atom. The van der Waals surface area contributed by atoms with Crippen LogP contribution in [0.15, 0.2) is 34.9 Å². The fraction of sp³-hybridized carbons (Fsp3) is 0.333. The van der Waals surface area contributed by atoms with E-state index in [1.165, 1.54) is 0 Å². The van der Waals surface area contributed by atoms with Crippen molar-refractivity contribution in [3.8, 4) is 0 Å². The summed E-state index contributed by atoms with van der Waals surface area (Å²) in [4.78, 5) is 12.5. The third-order valence-electron chi connectivity index (χ3n) is 3.48. The lowest BCUT2D eigenvalue weighted by Gasteiger charge is -2.15. The maximum Gasteiger partial charge on any atom is 0.233 e. The molecule has 1 aromatic heterocycles. The lowest BCUT2D eigenvalue weighted by atomic mass is 9.93. The summed E-state index contributed by atoms with van der Waals surface area (Å²) in [6.45, 7) is 1.79. The molecule has 1 heterocycles. The Balaban J connectivity index is 1.79. The number of nitrogens with one attached hydrogen (secondary N) is 1. The van der Waals surface area contributed by atoms with Gasteiger partial charge in [0.25, 0.3) is 0 Å². The Labute approximate surface area is 122 Å². The van der Waals surface area contributed by atoms with Crippen LogP contribution in [-0.2, 0) is 4.79 Å². The number of hydrogen-bond donors (Lipinski definition) is 1. The van der Waals surface area contributed by atoms with Crippen molar-refractivity contribution in [3.63, 3.8) is 0 Å². The van der Waals surface area contributed by atoms with Crippen LogP contribution in [0.1, 0.15) is 30.1 Å². The summed E-state index contributed by atoms with van der Waals surface area (Å²) in [5, 5.41) is 7.29. The second kappa shape index (κ2) is 5.29. The zero-order chi connectivity index (χ0) is 14.1. The van der Waals surface area contributed by atoms with Crippen LogP contribution in [-0.4, -0.2) is 11.1 Å². The summed E-state index contributed by atoms with van der Waals surface area (Å²) < 4.78 is 4.96. The number of hydrogen-bond acceptors (Lipinski definition) is 3. The molecule has 1 saturated carbocycles. The maximum absolute atomic E-state index is 12.5. The second-order valence-corrected chi connectivity index (χ2v) is 5.62. The van der Waals surface area contributed by atoms with Crippen LogP contribution < -0.4 is 5.32 Å². The molecular formula is C15H15ClN2O2. The molecular weight excluding hydrogens is 276 g/mol. The number of carbonyl (C=O) groups is 1. The van der Waals surface area contributed by atoms with Crippen molar-refractivity contribution in [1.29, 1.82) is 0 Å². The molecule has 0 saturated heterocycles. The van der Waals surface area contributed by atoms with Gasteiger partial charge in [-0.15, -0.1) is 0 Å². The number of aryl methyl sites for hydroxylation is 1. The second-order valence-electron chi connectivity index (χ2n) is 5.18. The molecule has 0 aliphatic heterocycles. The first-order chi connectivity index (χ1) is 9.63. The smallest absolute Gasteiger partial charge is 0.233 e. The normalized spacial score (nSPS) is 15.9. The van der Waals surface area contributed by atoms with E-state index in [2.05, 4.69) is 10.5 Å². The Morgan fingerprint density at radius 2 is 2.10 bits per heavy atom. The highest BCUT2D eigenvalue weighted by molar-refractivity contribution is 6.30. The number of amides is 1. The number of benzene rings is 1. The van der Waals surface area contributed by atoms with Crippen molar-refractivity contribution in [1.82, 2.24) is 5.16 Å². The molecule has 20 heavy (non-hydrogen) atoms. The lowest BCUT2D eigenvalue weighted by molar-refractivity contribution is -0.118. The van der Waals surface area contributed by atoms with Gasteiger partial charge in [-0.3, -0.25) is 4.79 Å². The number of halogens is 1. The molecule has 4 nitrogen and oxygen atoms in total. The molecule has 1 amide bonds. The van der Waals surface area contributed by atoms with Crippen molar-refractivity contribution < 1.29 is 9.32 Å². The number of aromatic nitrogens is 1. The Kier molecular flexibility index (Phi) is 3.49. The van der Waals surface area contributed by atoms with Crippen LogP contribution in [0.4, 0.5) is 5.82 Å². The quantitative estimate of drug-likeness (QED) is 0.932. The van der Waals surface area contributed by atoms with Gasteiger partial charge in [-0.05, 0) is 43.4 Å². The standard InChI is InChI=1S/C15H15ClN2O2/c1-9-8-13(18-20-9)17-15(19)14(10-2-3-10)11-4-6-12(16)7-5-11/h4-8,10,14H,2-3H2,1H3,(H,17,18,19). The minimum Gasteiger partial charge on any atom is -0.360 e. The summed E-state index contributed by atoms with van der Waals surface area (Å²) in [6.07, 6.45) is 2.16. The van der Waals surface area contributed by atoms with E-state index in [1.54, 1.807) is 13.0 Å². The number of anilines is 1. The van der Waals surface area contributed by atoms with E-state index in [1.807, 2.05) is 24.3 Å². The Bertz CT molecular complexity index is 617. The van der Waals surface area contributed by atoms with Gasteiger partial charge >= 0.3 is 0 Å². The van der Waals surface area contributed by atoms with Gasteiger partial charge in [0.2, 0.25) is 5.91 Å². The summed E-state index contributed by atoms with van der Waals surface area (Å²) >= 11 is 5.90. The van der Waals surface area contributed by atoms with Crippen molar-refractivity contribution in [2.45, 2.75) is 25.7 Å². The first-order valence-corrected chi connectivity index (χ1v) is 7.01. The lowest BCUT2D eigenvalue weighted by Crippen LogP contribution is -2.22. The average Bonchev–Trinajstić information content (AvgIpc) is 3.16. The summed E-state index contributed by atoms with van der Waals surface area (Å²) in [5.41, 5.74) is 0.995. The minimum absolute atomic E-state index is 0.0388. The summed E-state index contributed by atoms with van der Waals surface area (Å²) in [7, 11) is 0. The van der Waals surface area contributed by atoms with E-state index in [-0.39, 0.29) is 11.8 Å². The fourth-order valence-corrected chi connectivity index (χ4v) is 2.49. The largest absolute Gasteiger partial charge is 0.360 e. The number of carbonyl (C=O) groups excluding carboxylic acids is 1. The SMILES string of the molecule is Cc1cc(NC(=O)C(c2ccc(Cl)cc2)C2CC2)no1. The molecule has 3 rings (SSSR count). The van der Waals surface area contributed by atoms with Crippen LogP contribution in [0.5, 0.6) is 0 Å². The summed E-state index contributed by atoms with van der Waals surface area (Å²) in [6, 6.07) is 9.18. The molecule has 1 aliphatic rings. The molecule has 1 aliphatic carbocycles. The predicted molar refractivity (Wildman–Crippen MR) is 76.8 cm³/mol. The van der Waals surface area contributed by atoms with Gasteiger partial charge in [-0.2, -0.15) is 0 Å². The van der Waals surface area contributed by atoms with Crippen LogP contribution in [0, 0.1) is 12.8 Å². The average molecular weight is 291 g/mol. The van der Waals surface area contributed by atoms with Crippen LogP contribution in [0.25, 0.3) is 0 Å². The van der Waals surface area contributed by atoms with Gasteiger partial charge in [-0.1, -0.05) is 28.9 Å². The van der Waals surface area contributed by atoms with E-state index in [9.17, 15) is 4.79 Å². The van der Waals surface area contributed by atoms with Crippen molar-refractivity contribution in [2.75, 3.05) is 5.32 Å². The molecule has 0 radical (unpaired) electrons. The molecule has 2 aromatic rings. The van der Waals surface area contributed by atoms with Gasteiger partial charge < -0.3 is 9.84 Å². The first kappa shape index (κ1) is 13.2. The van der Waals surface area contributed by atoms with E-state index in [0.717, 1.165) is 18.4 Å². The molecule has 0 spiro atoms. The Morgan fingerprint density at radius 1 is 1.40 bits per heavy atom. The molecule has 1 atom stereocenters. The third kappa shape index (κ3) is 2.85. The van der Waals surface area contributed by atoms with E-state index in [0.29, 0.717) is 22.5 Å². The predicted octanol–water partition coefficient (Wildman–Crippen LogP) is 3.77. The van der Waals surface area contributed by atoms with Crippen molar-refractivity contribution in [2.24, 2.45) is 5.92 Å². The highest BCUT2D eigenvalue weighted by Crippen LogP contribution is 2.43. The first-order valence-electron chi connectivity index (χ1n) is 6.63. The van der Waals surface area contributed by atoms with Gasteiger partial charge in [0.1, 0.15) is 5.76 Å². The molecule has 1 unspecified atom stereocenters. The zero-order valence-electron chi connectivity index (χ0n) is 11.1. The number of nitrogens with zero attached hydrogens (tertiary/aromatic N) is 1. The molecule has 0 bridgehead atoms. The third-order valence-corrected chi connectivity index (χ3v) is 3.74. The highest BCUT2D eigenvalue weighted by Gasteiger charge is 2.37. The van der Waals surface area contributed by atoms with Crippen LogP contribution in [0.3, 0.4) is 0 Å². The Hall–Kier alpha value is -1.81. The van der Waals surface area contributed by atoms with Gasteiger partial charge in [-0.25, -0.2) is 0 Å². The maximum atomic E-state index is 12.5. The highest BCUT2D eigenvalue weighted by atomic mass is 35.5. The van der Waals surface area contributed by atoms with Gasteiger partial charge in [0, 0.05) is 11.1 Å². The molecule has 104 valence electrons.